The zero-order valence-corrected chi connectivity index (χ0v) is 11.2. The van der Waals surface area contributed by atoms with Crippen LogP contribution in [0.3, 0.4) is 0 Å². The van der Waals surface area contributed by atoms with E-state index < -0.39 is 12.8 Å². The van der Waals surface area contributed by atoms with Gasteiger partial charge in [-0.1, -0.05) is 30.3 Å². The summed E-state index contributed by atoms with van der Waals surface area (Å²) in [4.78, 5) is 0. The summed E-state index contributed by atoms with van der Waals surface area (Å²) in [5.41, 5.74) is 7.71. The van der Waals surface area contributed by atoms with Gasteiger partial charge < -0.3 is 10.2 Å². The van der Waals surface area contributed by atoms with Crippen molar-refractivity contribution in [2.75, 3.05) is 12.0 Å². The van der Waals surface area contributed by atoms with Crippen molar-refractivity contribution in [1.29, 1.82) is 0 Å². The zero-order valence-electron chi connectivity index (χ0n) is 11.2. The van der Waals surface area contributed by atoms with E-state index in [2.05, 4.69) is 10.9 Å². The molecule has 2 N–H and O–H groups in total. The summed E-state index contributed by atoms with van der Waals surface area (Å²) >= 11 is 0. The van der Waals surface area contributed by atoms with E-state index in [0.717, 1.165) is 11.3 Å². The molecule has 112 valence electrons. The Hall–Kier alpha value is -2.21. The highest BCUT2D eigenvalue weighted by Crippen LogP contribution is 2.19. The molecule has 0 spiro atoms. The SMILES string of the molecule is FC(F)(F)COc1cccc(CNNc2ccccc2)c1. The Balaban J connectivity index is 1.83. The highest BCUT2D eigenvalue weighted by molar-refractivity contribution is 5.41. The Morgan fingerprint density at radius 1 is 0.952 bits per heavy atom. The van der Waals surface area contributed by atoms with Gasteiger partial charge in [0, 0.05) is 12.2 Å². The van der Waals surface area contributed by atoms with Gasteiger partial charge in [0.05, 0.1) is 0 Å². The Bertz CT molecular complexity index is 558. The molecule has 6 heteroatoms. The summed E-state index contributed by atoms with van der Waals surface area (Å²) in [6.07, 6.45) is -4.33. The summed E-state index contributed by atoms with van der Waals surface area (Å²) < 4.78 is 41.0. The van der Waals surface area contributed by atoms with Crippen LogP contribution in [0, 0.1) is 0 Å². The number of rotatable bonds is 6. The van der Waals surface area contributed by atoms with Gasteiger partial charge in [-0.2, -0.15) is 13.2 Å². The van der Waals surface area contributed by atoms with Gasteiger partial charge in [0.1, 0.15) is 5.75 Å². The zero-order chi connectivity index (χ0) is 15.1. The molecule has 0 radical (unpaired) electrons. The van der Waals surface area contributed by atoms with Gasteiger partial charge in [-0.05, 0) is 29.8 Å². The number of para-hydroxylation sites is 1. The fourth-order valence-corrected chi connectivity index (χ4v) is 1.68. The maximum atomic E-state index is 12.1. The second-order valence-corrected chi connectivity index (χ2v) is 4.40. The van der Waals surface area contributed by atoms with Crippen molar-refractivity contribution in [3.8, 4) is 5.75 Å². The van der Waals surface area contributed by atoms with Crippen LogP contribution in [0.15, 0.2) is 54.6 Å². The van der Waals surface area contributed by atoms with Crippen LogP contribution in [0.2, 0.25) is 0 Å². The molecule has 2 rings (SSSR count). The topological polar surface area (TPSA) is 33.3 Å². The number of ether oxygens (including phenoxy) is 1. The molecule has 0 fully saturated rings. The lowest BCUT2D eigenvalue weighted by atomic mass is 10.2. The number of hydrogen-bond donors (Lipinski definition) is 2. The van der Waals surface area contributed by atoms with E-state index >= 15 is 0 Å². The van der Waals surface area contributed by atoms with Gasteiger partial charge in [-0.25, -0.2) is 5.43 Å². The van der Waals surface area contributed by atoms with Gasteiger partial charge in [0.2, 0.25) is 0 Å². The number of alkyl halides is 3. The van der Waals surface area contributed by atoms with Gasteiger partial charge in [0.15, 0.2) is 6.61 Å². The van der Waals surface area contributed by atoms with Crippen molar-refractivity contribution in [3.05, 3.63) is 60.2 Å². The lowest BCUT2D eigenvalue weighted by molar-refractivity contribution is -0.153. The Morgan fingerprint density at radius 2 is 1.71 bits per heavy atom. The van der Waals surface area contributed by atoms with Crippen molar-refractivity contribution in [3.63, 3.8) is 0 Å². The molecule has 3 nitrogen and oxygen atoms in total. The number of hydrogen-bond acceptors (Lipinski definition) is 3. The van der Waals surface area contributed by atoms with Gasteiger partial charge in [-0.3, -0.25) is 0 Å². The molecule has 0 aliphatic carbocycles. The van der Waals surface area contributed by atoms with Gasteiger partial charge >= 0.3 is 6.18 Å². The second kappa shape index (κ2) is 6.99. The first-order valence-electron chi connectivity index (χ1n) is 6.35. The summed E-state index contributed by atoms with van der Waals surface area (Å²) in [5.74, 6) is 0.200. The minimum Gasteiger partial charge on any atom is -0.484 e. The maximum Gasteiger partial charge on any atom is 0.422 e. The normalized spacial score (nSPS) is 11.2. The summed E-state index contributed by atoms with van der Waals surface area (Å²) in [6.45, 7) is -0.829. The van der Waals surface area contributed by atoms with Gasteiger partial charge in [0.25, 0.3) is 0 Å². The Morgan fingerprint density at radius 3 is 2.43 bits per heavy atom. The summed E-state index contributed by atoms with van der Waals surface area (Å²) in [5, 5.41) is 0. The lowest BCUT2D eigenvalue weighted by Crippen LogP contribution is -2.21. The van der Waals surface area contributed by atoms with Crippen LogP contribution in [0.25, 0.3) is 0 Å². The van der Waals surface area contributed by atoms with Crippen LogP contribution in [-0.4, -0.2) is 12.8 Å². The molecule has 0 aliphatic heterocycles. The smallest absolute Gasteiger partial charge is 0.422 e. The van der Waals surface area contributed by atoms with Crippen molar-refractivity contribution >= 4 is 5.69 Å². The van der Waals surface area contributed by atoms with Crippen LogP contribution in [0.1, 0.15) is 5.56 Å². The minimum atomic E-state index is -4.33. The fraction of sp³-hybridized carbons (Fsp3) is 0.200. The molecule has 0 saturated heterocycles. The summed E-state index contributed by atoms with van der Waals surface area (Å²) in [7, 11) is 0. The largest absolute Gasteiger partial charge is 0.484 e. The van der Waals surface area contributed by atoms with Crippen LogP contribution in [0.5, 0.6) is 5.75 Å². The van der Waals surface area contributed by atoms with Crippen molar-refractivity contribution < 1.29 is 17.9 Å². The average molecular weight is 296 g/mol. The average Bonchev–Trinajstić information content (AvgIpc) is 2.46. The van der Waals surface area contributed by atoms with E-state index in [1.54, 1.807) is 18.2 Å². The van der Waals surface area contributed by atoms with E-state index in [1.807, 2.05) is 30.3 Å². The van der Waals surface area contributed by atoms with E-state index in [9.17, 15) is 13.2 Å². The molecular formula is C15H15F3N2O. The highest BCUT2D eigenvalue weighted by Gasteiger charge is 2.28. The first-order chi connectivity index (χ1) is 10.0. The quantitative estimate of drug-likeness (QED) is 0.797. The lowest BCUT2D eigenvalue weighted by Gasteiger charge is -2.11. The monoisotopic (exact) mass is 296 g/mol. The number of hydrazine groups is 1. The molecule has 0 saturated carbocycles. The molecule has 2 aromatic rings. The maximum absolute atomic E-state index is 12.1. The van der Waals surface area contributed by atoms with E-state index in [-0.39, 0.29) is 5.75 Å². The number of halogens is 3. The Kier molecular flexibility index (Phi) is 5.05. The van der Waals surface area contributed by atoms with Crippen molar-refractivity contribution in [1.82, 2.24) is 5.43 Å². The third-order valence-corrected chi connectivity index (χ3v) is 2.60. The molecule has 0 amide bonds. The molecule has 0 aliphatic rings. The first kappa shape index (κ1) is 15.2. The molecule has 21 heavy (non-hydrogen) atoms. The van der Waals surface area contributed by atoms with Gasteiger partial charge in [-0.15, -0.1) is 0 Å². The Labute approximate surface area is 120 Å². The third-order valence-electron chi connectivity index (χ3n) is 2.60. The third kappa shape index (κ3) is 5.74. The predicted molar refractivity (Wildman–Crippen MR) is 74.9 cm³/mol. The van der Waals surface area contributed by atoms with Crippen molar-refractivity contribution in [2.45, 2.75) is 12.7 Å². The van der Waals surface area contributed by atoms with Crippen LogP contribution >= 0.6 is 0 Å². The molecule has 2 aromatic carbocycles. The second-order valence-electron chi connectivity index (χ2n) is 4.40. The minimum absolute atomic E-state index is 0.200. The fourth-order valence-electron chi connectivity index (χ4n) is 1.68. The van der Waals surface area contributed by atoms with Crippen molar-refractivity contribution in [2.24, 2.45) is 0 Å². The van der Waals surface area contributed by atoms with Crippen LogP contribution in [0.4, 0.5) is 18.9 Å². The molecular weight excluding hydrogens is 281 g/mol. The predicted octanol–water partition coefficient (Wildman–Crippen LogP) is 3.74. The first-order valence-corrected chi connectivity index (χ1v) is 6.35. The van der Waals surface area contributed by atoms with Crippen LogP contribution < -0.4 is 15.6 Å². The van der Waals surface area contributed by atoms with Crippen LogP contribution in [-0.2, 0) is 6.54 Å². The highest BCUT2D eigenvalue weighted by atomic mass is 19.4. The summed E-state index contributed by atoms with van der Waals surface area (Å²) in [6, 6.07) is 16.0. The molecule has 0 bridgehead atoms. The molecule has 0 aromatic heterocycles. The molecule has 0 atom stereocenters. The number of nitrogens with one attached hydrogen (secondary N) is 2. The number of anilines is 1. The number of benzene rings is 2. The standard InChI is InChI=1S/C15H15F3N2O/c16-15(17,18)11-21-14-8-4-5-12(9-14)10-19-20-13-6-2-1-3-7-13/h1-9,19-20H,10-11H2. The van der Waals surface area contributed by atoms with E-state index in [0.29, 0.717) is 6.54 Å². The van der Waals surface area contributed by atoms with E-state index in [1.165, 1.54) is 6.07 Å². The molecule has 0 unspecified atom stereocenters. The molecule has 0 heterocycles. The van der Waals surface area contributed by atoms with E-state index in [4.69, 9.17) is 4.74 Å².